The number of rotatable bonds is 5. The first kappa shape index (κ1) is 13.6. The molecule has 18 heavy (non-hydrogen) atoms. The van der Waals surface area contributed by atoms with Crippen molar-refractivity contribution >= 4 is 11.6 Å². The molecule has 0 saturated heterocycles. The maximum Gasteiger partial charge on any atom is 0.124 e. The van der Waals surface area contributed by atoms with E-state index in [1.165, 1.54) is 37.8 Å². The lowest BCUT2D eigenvalue weighted by Crippen LogP contribution is -2.16. The second-order valence-corrected chi connectivity index (χ2v) is 5.18. The Morgan fingerprint density at radius 2 is 2.17 bits per heavy atom. The van der Waals surface area contributed by atoms with Crippen LogP contribution in [0.25, 0.3) is 0 Å². The summed E-state index contributed by atoms with van der Waals surface area (Å²) in [6.45, 7) is 1.66. The Bertz CT molecular complexity index is 429. The number of nitrogens with one attached hydrogen (secondary N) is 1. The van der Waals surface area contributed by atoms with Crippen molar-refractivity contribution in [3.63, 3.8) is 0 Å². The monoisotopic (exact) mass is 267 g/mol. The van der Waals surface area contributed by atoms with Crippen LogP contribution in [0.15, 0.2) is 29.8 Å². The van der Waals surface area contributed by atoms with Gasteiger partial charge in [0.25, 0.3) is 0 Å². The molecule has 0 fully saturated rings. The first-order valence-electron chi connectivity index (χ1n) is 6.58. The smallest absolute Gasteiger partial charge is 0.124 e. The van der Waals surface area contributed by atoms with Gasteiger partial charge in [0.2, 0.25) is 0 Å². The summed E-state index contributed by atoms with van der Waals surface area (Å²) >= 11 is 5.97. The van der Waals surface area contributed by atoms with Crippen LogP contribution in [0.1, 0.15) is 37.7 Å². The predicted molar refractivity (Wildman–Crippen MR) is 74.3 cm³/mol. The van der Waals surface area contributed by atoms with Crippen molar-refractivity contribution < 1.29 is 4.39 Å². The fourth-order valence-electron chi connectivity index (χ4n) is 2.27. The van der Waals surface area contributed by atoms with E-state index in [4.69, 9.17) is 11.6 Å². The molecule has 98 valence electrons. The van der Waals surface area contributed by atoms with Crippen LogP contribution in [-0.4, -0.2) is 6.54 Å². The van der Waals surface area contributed by atoms with Gasteiger partial charge in [0.15, 0.2) is 0 Å². The predicted octanol–water partition coefficient (Wildman–Crippen LogP) is 4.46. The van der Waals surface area contributed by atoms with Gasteiger partial charge < -0.3 is 5.32 Å². The van der Waals surface area contributed by atoms with Gasteiger partial charge in [-0.1, -0.05) is 29.3 Å². The molecule has 0 aliphatic heterocycles. The maximum atomic E-state index is 12.9. The average Bonchev–Trinajstić information content (AvgIpc) is 2.38. The molecule has 0 amide bonds. The second-order valence-electron chi connectivity index (χ2n) is 4.77. The third-order valence-corrected chi connectivity index (χ3v) is 3.69. The van der Waals surface area contributed by atoms with E-state index in [1.807, 2.05) is 0 Å². The Morgan fingerprint density at radius 3 is 2.89 bits per heavy atom. The highest BCUT2D eigenvalue weighted by Crippen LogP contribution is 2.20. The lowest BCUT2D eigenvalue weighted by atomic mass is 9.97. The molecule has 3 heteroatoms. The summed E-state index contributed by atoms with van der Waals surface area (Å²) in [6.07, 6.45) is 8.63. The fourth-order valence-corrected chi connectivity index (χ4v) is 2.50. The third-order valence-electron chi connectivity index (χ3n) is 3.34. The molecule has 0 spiro atoms. The van der Waals surface area contributed by atoms with Gasteiger partial charge in [0.05, 0.1) is 0 Å². The van der Waals surface area contributed by atoms with E-state index >= 15 is 0 Å². The van der Waals surface area contributed by atoms with Crippen molar-refractivity contribution in [2.75, 3.05) is 6.54 Å². The molecule has 0 saturated carbocycles. The Hall–Kier alpha value is -0.860. The molecular formula is C15H19ClFN. The molecule has 1 aromatic rings. The van der Waals surface area contributed by atoms with Crippen LogP contribution in [0.2, 0.25) is 5.02 Å². The topological polar surface area (TPSA) is 12.0 Å². The van der Waals surface area contributed by atoms with E-state index in [9.17, 15) is 4.39 Å². The van der Waals surface area contributed by atoms with Crippen LogP contribution in [0.5, 0.6) is 0 Å². The molecule has 0 aromatic heterocycles. The van der Waals surface area contributed by atoms with Crippen molar-refractivity contribution in [2.45, 2.75) is 38.6 Å². The highest BCUT2D eigenvalue weighted by Gasteiger charge is 2.04. The SMILES string of the molecule is Fc1ccc(CNCCC2=CCCCC2)c(Cl)c1. The standard InChI is InChI=1S/C15H19ClFN/c16-15-10-14(17)7-6-13(15)11-18-9-8-12-4-2-1-3-5-12/h4,6-7,10,18H,1-3,5,8-9,11H2. The van der Waals surface area contributed by atoms with Gasteiger partial charge in [0, 0.05) is 11.6 Å². The lowest BCUT2D eigenvalue weighted by molar-refractivity contribution is 0.621. The number of hydrogen-bond donors (Lipinski definition) is 1. The van der Waals surface area contributed by atoms with Gasteiger partial charge in [-0.15, -0.1) is 0 Å². The molecule has 0 unspecified atom stereocenters. The van der Waals surface area contributed by atoms with Gasteiger partial charge in [-0.2, -0.15) is 0 Å². The number of halogens is 2. The second kappa shape index (κ2) is 6.91. The number of allylic oxidation sites excluding steroid dienone is 1. The summed E-state index contributed by atoms with van der Waals surface area (Å²) < 4.78 is 12.9. The summed E-state index contributed by atoms with van der Waals surface area (Å²) in [5.74, 6) is -0.281. The minimum Gasteiger partial charge on any atom is -0.312 e. The Kier molecular flexibility index (Phi) is 5.21. The van der Waals surface area contributed by atoms with Crippen molar-refractivity contribution in [1.82, 2.24) is 5.32 Å². The van der Waals surface area contributed by atoms with Crippen LogP contribution >= 0.6 is 11.6 Å². The molecule has 0 atom stereocenters. The van der Waals surface area contributed by atoms with Gasteiger partial charge in [0.1, 0.15) is 5.82 Å². The van der Waals surface area contributed by atoms with Gasteiger partial charge in [-0.25, -0.2) is 4.39 Å². The van der Waals surface area contributed by atoms with E-state index in [-0.39, 0.29) is 5.82 Å². The summed E-state index contributed by atoms with van der Waals surface area (Å²) in [6, 6.07) is 4.55. The molecule has 1 aromatic carbocycles. The molecule has 0 bridgehead atoms. The highest BCUT2D eigenvalue weighted by atomic mass is 35.5. The zero-order chi connectivity index (χ0) is 12.8. The number of benzene rings is 1. The van der Waals surface area contributed by atoms with E-state index in [0.29, 0.717) is 11.6 Å². The first-order chi connectivity index (χ1) is 8.75. The van der Waals surface area contributed by atoms with Crippen molar-refractivity contribution in [2.24, 2.45) is 0 Å². The summed E-state index contributed by atoms with van der Waals surface area (Å²) in [5.41, 5.74) is 2.52. The zero-order valence-corrected chi connectivity index (χ0v) is 11.3. The summed E-state index contributed by atoms with van der Waals surface area (Å²) in [7, 11) is 0. The van der Waals surface area contributed by atoms with E-state index in [0.717, 1.165) is 18.5 Å². The summed E-state index contributed by atoms with van der Waals surface area (Å²) in [5, 5.41) is 3.86. The van der Waals surface area contributed by atoms with Crippen LogP contribution in [0, 0.1) is 5.82 Å². The molecule has 0 radical (unpaired) electrons. The Labute approximate surface area is 113 Å². The molecule has 1 nitrogen and oxygen atoms in total. The quantitative estimate of drug-likeness (QED) is 0.614. The normalized spacial score (nSPS) is 15.6. The van der Waals surface area contributed by atoms with Crippen molar-refractivity contribution in [3.05, 3.63) is 46.3 Å². The molecule has 1 N–H and O–H groups in total. The van der Waals surface area contributed by atoms with Crippen molar-refractivity contribution in [1.29, 1.82) is 0 Å². The van der Waals surface area contributed by atoms with E-state index < -0.39 is 0 Å². The van der Waals surface area contributed by atoms with Gasteiger partial charge >= 0.3 is 0 Å². The van der Waals surface area contributed by atoms with Gasteiger partial charge in [-0.3, -0.25) is 0 Å². The molecule has 2 rings (SSSR count). The highest BCUT2D eigenvalue weighted by molar-refractivity contribution is 6.31. The molecule has 1 aliphatic carbocycles. The minimum atomic E-state index is -0.281. The molecular weight excluding hydrogens is 249 g/mol. The average molecular weight is 268 g/mol. The van der Waals surface area contributed by atoms with Crippen LogP contribution < -0.4 is 5.32 Å². The maximum absolute atomic E-state index is 12.9. The van der Waals surface area contributed by atoms with Crippen LogP contribution in [0.4, 0.5) is 4.39 Å². The first-order valence-corrected chi connectivity index (χ1v) is 6.96. The summed E-state index contributed by atoms with van der Waals surface area (Å²) in [4.78, 5) is 0. The largest absolute Gasteiger partial charge is 0.312 e. The minimum absolute atomic E-state index is 0.281. The third kappa shape index (κ3) is 4.11. The fraction of sp³-hybridized carbons (Fsp3) is 0.467. The Morgan fingerprint density at radius 1 is 1.28 bits per heavy atom. The van der Waals surface area contributed by atoms with Crippen LogP contribution in [-0.2, 0) is 6.54 Å². The zero-order valence-electron chi connectivity index (χ0n) is 10.5. The van der Waals surface area contributed by atoms with Crippen molar-refractivity contribution in [3.8, 4) is 0 Å². The molecule has 1 aliphatic rings. The van der Waals surface area contributed by atoms with E-state index in [1.54, 1.807) is 11.6 Å². The van der Waals surface area contributed by atoms with E-state index in [2.05, 4.69) is 11.4 Å². The van der Waals surface area contributed by atoms with Crippen LogP contribution in [0.3, 0.4) is 0 Å². The molecule has 0 heterocycles. The lowest BCUT2D eigenvalue weighted by Gasteiger charge is -2.13. The van der Waals surface area contributed by atoms with Gasteiger partial charge in [-0.05, 0) is 56.3 Å². The Balaban J connectivity index is 1.73. The number of hydrogen-bond acceptors (Lipinski definition) is 1.